The second kappa shape index (κ2) is 10.8. The fourth-order valence-corrected chi connectivity index (χ4v) is 4.85. The minimum absolute atomic E-state index is 0.176. The molecule has 1 saturated heterocycles. The zero-order valence-electron chi connectivity index (χ0n) is 20.7. The molecule has 5 aromatic rings. The lowest BCUT2D eigenvalue weighted by Crippen LogP contribution is -2.24. The number of aromatic nitrogens is 4. The van der Waals surface area contributed by atoms with Crippen LogP contribution >= 0.6 is 0 Å². The van der Waals surface area contributed by atoms with Crippen molar-refractivity contribution in [2.45, 2.75) is 32.1 Å². The van der Waals surface area contributed by atoms with Crippen molar-refractivity contribution < 1.29 is 18.3 Å². The van der Waals surface area contributed by atoms with E-state index in [1.165, 1.54) is 24.3 Å². The van der Waals surface area contributed by atoms with Gasteiger partial charge in [0.25, 0.3) is 0 Å². The highest BCUT2D eigenvalue weighted by Crippen LogP contribution is 2.43. The number of hydrogen-bond acceptors (Lipinski definition) is 5. The maximum Gasteiger partial charge on any atom is 0.182 e. The van der Waals surface area contributed by atoms with E-state index in [4.69, 9.17) is 19.6 Å². The maximum atomic E-state index is 13.9. The molecule has 0 amide bonds. The largest absolute Gasteiger partial charge is 0.353 e. The average Bonchev–Trinajstić information content (AvgIpc) is 3.36. The first kappa shape index (κ1) is 24.3. The van der Waals surface area contributed by atoms with Gasteiger partial charge < -0.3 is 9.47 Å². The van der Waals surface area contributed by atoms with Crippen LogP contribution in [-0.2, 0) is 16.0 Å². The van der Waals surface area contributed by atoms with E-state index in [9.17, 15) is 8.78 Å². The van der Waals surface area contributed by atoms with E-state index in [-0.39, 0.29) is 17.9 Å². The molecule has 1 unspecified atom stereocenters. The molecule has 1 atom stereocenters. The Kier molecular flexibility index (Phi) is 6.90. The molecule has 2 aromatic carbocycles. The highest BCUT2D eigenvalue weighted by atomic mass is 19.1. The van der Waals surface area contributed by atoms with Crippen molar-refractivity contribution in [1.29, 1.82) is 0 Å². The number of benzene rings is 2. The molecule has 0 bridgehead atoms. The maximum absolute atomic E-state index is 13.9. The van der Waals surface area contributed by atoms with Crippen LogP contribution in [0.1, 0.15) is 19.3 Å². The molecule has 1 aliphatic rings. The lowest BCUT2D eigenvalue weighted by atomic mass is 9.90. The molecular formula is C30H26F2N4O2. The molecule has 0 saturated carbocycles. The fourth-order valence-electron chi connectivity index (χ4n) is 4.85. The Morgan fingerprint density at radius 3 is 2.21 bits per heavy atom. The average molecular weight is 513 g/mol. The third-order valence-electron chi connectivity index (χ3n) is 6.70. The molecule has 0 spiro atoms. The zero-order valence-corrected chi connectivity index (χ0v) is 20.7. The van der Waals surface area contributed by atoms with E-state index in [0.29, 0.717) is 24.5 Å². The summed E-state index contributed by atoms with van der Waals surface area (Å²) in [6.45, 7) is 1.70. The first-order chi connectivity index (χ1) is 18.7. The second-order valence-electron chi connectivity index (χ2n) is 9.26. The molecule has 3 aromatic heterocycles. The minimum Gasteiger partial charge on any atom is -0.353 e. The van der Waals surface area contributed by atoms with E-state index in [0.717, 1.165) is 59.1 Å². The molecule has 6 nitrogen and oxygen atoms in total. The Morgan fingerprint density at radius 2 is 1.53 bits per heavy atom. The number of halogens is 2. The Labute approximate surface area is 218 Å². The lowest BCUT2D eigenvalue weighted by molar-refractivity contribution is -0.163. The summed E-state index contributed by atoms with van der Waals surface area (Å²) in [6, 6.07) is 16.5. The summed E-state index contributed by atoms with van der Waals surface area (Å²) in [6.07, 6.45) is 8.28. The van der Waals surface area contributed by atoms with Crippen molar-refractivity contribution in [1.82, 2.24) is 19.7 Å². The molecule has 1 fully saturated rings. The Morgan fingerprint density at radius 1 is 0.842 bits per heavy atom. The van der Waals surface area contributed by atoms with Crippen LogP contribution in [0.3, 0.4) is 0 Å². The topological polar surface area (TPSA) is 62.1 Å². The smallest absolute Gasteiger partial charge is 0.182 e. The van der Waals surface area contributed by atoms with Crippen molar-refractivity contribution in [3.05, 3.63) is 90.9 Å². The molecular weight excluding hydrogens is 486 g/mol. The summed E-state index contributed by atoms with van der Waals surface area (Å²) < 4.78 is 41.1. The van der Waals surface area contributed by atoms with E-state index < -0.39 is 0 Å². The third-order valence-corrected chi connectivity index (χ3v) is 6.70. The van der Waals surface area contributed by atoms with Gasteiger partial charge in [-0.2, -0.15) is 5.10 Å². The van der Waals surface area contributed by atoms with Gasteiger partial charge in [0.15, 0.2) is 11.9 Å². The number of ether oxygens (including phenoxy) is 2. The van der Waals surface area contributed by atoms with Crippen LogP contribution in [0, 0.1) is 11.6 Å². The van der Waals surface area contributed by atoms with Gasteiger partial charge in [-0.3, -0.25) is 9.67 Å². The van der Waals surface area contributed by atoms with Gasteiger partial charge in [0.2, 0.25) is 0 Å². The first-order valence-corrected chi connectivity index (χ1v) is 12.7. The van der Waals surface area contributed by atoms with Gasteiger partial charge in [-0.15, -0.1) is 0 Å². The van der Waals surface area contributed by atoms with Crippen molar-refractivity contribution in [2.24, 2.45) is 0 Å². The van der Waals surface area contributed by atoms with Crippen LogP contribution in [0.15, 0.2) is 79.3 Å². The molecule has 1 aliphatic heterocycles. The summed E-state index contributed by atoms with van der Waals surface area (Å²) in [5, 5.41) is 5.58. The van der Waals surface area contributed by atoms with Crippen LogP contribution < -0.4 is 0 Å². The van der Waals surface area contributed by atoms with E-state index in [1.807, 2.05) is 23.0 Å². The Hall–Kier alpha value is -4.01. The van der Waals surface area contributed by atoms with Gasteiger partial charge in [0.05, 0.1) is 18.8 Å². The van der Waals surface area contributed by atoms with Gasteiger partial charge in [-0.1, -0.05) is 12.1 Å². The molecule has 0 radical (unpaired) electrons. The summed E-state index contributed by atoms with van der Waals surface area (Å²) >= 11 is 0. The predicted molar refractivity (Wildman–Crippen MR) is 141 cm³/mol. The lowest BCUT2D eigenvalue weighted by Gasteiger charge is -2.22. The van der Waals surface area contributed by atoms with Gasteiger partial charge >= 0.3 is 0 Å². The predicted octanol–water partition coefficient (Wildman–Crippen LogP) is 6.65. The van der Waals surface area contributed by atoms with Gasteiger partial charge in [0.1, 0.15) is 11.6 Å². The summed E-state index contributed by atoms with van der Waals surface area (Å²) in [7, 11) is 0. The first-order valence-electron chi connectivity index (χ1n) is 12.7. The highest BCUT2D eigenvalue weighted by Gasteiger charge is 2.22. The number of rotatable bonds is 7. The van der Waals surface area contributed by atoms with Gasteiger partial charge in [-0.25, -0.2) is 13.8 Å². The molecule has 8 heteroatoms. The van der Waals surface area contributed by atoms with Crippen molar-refractivity contribution >= 4 is 11.0 Å². The Bertz CT molecular complexity index is 1530. The van der Waals surface area contributed by atoms with Crippen molar-refractivity contribution in [3.8, 4) is 33.5 Å². The number of nitrogens with zero attached hydrogens (tertiary/aromatic N) is 4. The molecule has 192 valence electrons. The van der Waals surface area contributed by atoms with Crippen LogP contribution in [0.25, 0.3) is 44.5 Å². The molecule has 38 heavy (non-hydrogen) atoms. The monoisotopic (exact) mass is 512 g/mol. The summed E-state index contributed by atoms with van der Waals surface area (Å²) in [4.78, 5) is 9.14. The molecule has 4 heterocycles. The number of pyridine rings is 2. The summed E-state index contributed by atoms with van der Waals surface area (Å²) in [5.41, 5.74) is 5.35. The molecule has 6 rings (SSSR count). The third kappa shape index (κ3) is 5.05. The second-order valence-corrected chi connectivity index (χ2v) is 9.26. The Balaban J connectivity index is 1.50. The quantitative estimate of drug-likeness (QED) is 0.244. The summed E-state index contributed by atoms with van der Waals surface area (Å²) in [5.74, 6) is -0.647. The zero-order chi connectivity index (χ0) is 25.9. The minimum atomic E-state index is -0.328. The van der Waals surface area contributed by atoms with Gasteiger partial charge in [-0.05, 0) is 78.9 Å². The molecule has 0 aliphatic carbocycles. The standard InChI is InChI=1S/C30H26F2N4O2/c31-23-8-4-20(5-9-23)27-25-19-36(16-18-38-26-3-1-2-17-37-26)35-30(25)34-29(22-6-10-24(32)11-7-22)28(27)21-12-14-33-15-13-21/h4-15,19,26H,1-3,16-18H2. The normalized spacial score (nSPS) is 15.7. The number of fused-ring (bicyclic) bond motifs is 1. The van der Waals surface area contributed by atoms with E-state index in [1.54, 1.807) is 36.7 Å². The number of hydrogen-bond donors (Lipinski definition) is 0. The van der Waals surface area contributed by atoms with Gasteiger partial charge in [0, 0.05) is 47.3 Å². The van der Waals surface area contributed by atoms with Crippen LogP contribution in [0.4, 0.5) is 8.78 Å². The van der Waals surface area contributed by atoms with Crippen molar-refractivity contribution in [3.63, 3.8) is 0 Å². The molecule has 0 N–H and O–H groups in total. The van der Waals surface area contributed by atoms with Crippen LogP contribution in [-0.4, -0.2) is 39.3 Å². The van der Waals surface area contributed by atoms with Crippen molar-refractivity contribution in [2.75, 3.05) is 13.2 Å². The van der Waals surface area contributed by atoms with Crippen LogP contribution in [0.5, 0.6) is 0 Å². The fraction of sp³-hybridized carbons (Fsp3) is 0.233. The SMILES string of the molecule is Fc1ccc(-c2nc3nn(CCOC4CCCCO4)cc3c(-c3ccc(F)cc3)c2-c2ccncc2)cc1. The van der Waals surface area contributed by atoms with E-state index >= 15 is 0 Å². The van der Waals surface area contributed by atoms with Crippen LogP contribution in [0.2, 0.25) is 0 Å². The van der Waals surface area contributed by atoms with E-state index in [2.05, 4.69) is 4.98 Å². The highest BCUT2D eigenvalue weighted by molar-refractivity contribution is 6.05.